The Morgan fingerprint density at radius 3 is 2.80 bits per heavy atom. The van der Waals surface area contributed by atoms with E-state index in [-0.39, 0.29) is 17.5 Å². The maximum Gasteiger partial charge on any atom is 0.342 e. The van der Waals surface area contributed by atoms with Gasteiger partial charge in [0.25, 0.3) is 0 Å². The Bertz CT molecular complexity index is 573. The summed E-state index contributed by atoms with van der Waals surface area (Å²) >= 11 is 0. The average molecular weight is 271 g/mol. The summed E-state index contributed by atoms with van der Waals surface area (Å²) in [5.74, 6) is -0.253. The van der Waals surface area contributed by atoms with Crippen molar-refractivity contribution in [3.05, 3.63) is 53.6 Å². The molecule has 1 aromatic rings. The lowest BCUT2D eigenvalue weighted by Crippen LogP contribution is -2.13. The predicted molar refractivity (Wildman–Crippen MR) is 78.4 cm³/mol. The molecule has 0 saturated carbocycles. The van der Waals surface area contributed by atoms with Gasteiger partial charge in [0.15, 0.2) is 0 Å². The predicted octanol–water partition coefficient (Wildman–Crippen LogP) is 2.62. The Hall–Kier alpha value is -2.36. The molecular weight excluding hydrogens is 254 g/mol. The molecule has 20 heavy (non-hydrogen) atoms. The number of benzene rings is 1. The van der Waals surface area contributed by atoms with E-state index in [9.17, 15) is 4.79 Å². The zero-order chi connectivity index (χ0) is 14.5. The molecule has 1 heterocycles. The van der Waals surface area contributed by atoms with Crippen LogP contribution < -0.4 is 0 Å². The van der Waals surface area contributed by atoms with Gasteiger partial charge in [-0.25, -0.2) is 9.79 Å². The summed E-state index contributed by atoms with van der Waals surface area (Å²) in [5, 5.41) is 0. The van der Waals surface area contributed by atoms with Crippen molar-refractivity contribution in [2.24, 2.45) is 4.99 Å². The van der Waals surface area contributed by atoms with Gasteiger partial charge in [0, 0.05) is 0 Å². The molecule has 1 aliphatic rings. The third-order valence-electron chi connectivity index (χ3n) is 3.06. The van der Waals surface area contributed by atoms with Crippen molar-refractivity contribution in [3.63, 3.8) is 0 Å². The summed E-state index contributed by atoms with van der Waals surface area (Å²) in [4.78, 5) is 15.7. The minimum Gasteiger partial charge on any atom is -0.475 e. The maximum absolute atomic E-state index is 11.4. The summed E-state index contributed by atoms with van der Waals surface area (Å²) in [5.41, 5.74) is 2.34. The molecule has 0 N–H and O–H groups in total. The van der Waals surface area contributed by atoms with Crippen LogP contribution in [-0.4, -0.2) is 31.6 Å². The molecule has 0 amide bonds. The van der Waals surface area contributed by atoms with Gasteiger partial charge < -0.3 is 9.47 Å². The van der Waals surface area contributed by atoms with Crippen molar-refractivity contribution >= 4 is 17.9 Å². The lowest BCUT2D eigenvalue weighted by Gasteiger charge is -2.05. The third kappa shape index (κ3) is 3.15. The fourth-order valence-electron chi connectivity index (χ4n) is 1.89. The van der Waals surface area contributed by atoms with Crippen LogP contribution in [-0.2, 0) is 14.3 Å². The highest BCUT2D eigenvalue weighted by molar-refractivity contribution is 6.16. The molecule has 0 unspecified atom stereocenters. The molecule has 0 radical (unpaired) electrons. The van der Waals surface area contributed by atoms with Gasteiger partial charge in [0.1, 0.15) is 18.2 Å². The highest BCUT2D eigenvalue weighted by Crippen LogP contribution is 2.19. The molecule has 0 saturated heterocycles. The number of nitrogens with zero attached hydrogens (tertiary/aromatic N) is 1. The molecule has 1 atom stereocenters. The van der Waals surface area contributed by atoms with E-state index in [1.54, 1.807) is 0 Å². The van der Waals surface area contributed by atoms with Gasteiger partial charge in [-0.15, -0.1) is 0 Å². The summed E-state index contributed by atoms with van der Waals surface area (Å²) in [6, 6.07) is 9.90. The van der Waals surface area contributed by atoms with Crippen LogP contribution in [0.1, 0.15) is 12.5 Å². The number of ether oxygens (including phenoxy) is 2. The Labute approximate surface area is 118 Å². The van der Waals surface area contributed by atoms with E-state index in [0.717, 1.165) is 11.1 Å². The molecule has 1 aromatic carbocycles. The first-order valence-electron chi connectivity index (χ1n) is 6.33. The molecule has 2 rings (SSSR count). The van der Waals surface area contributed by atoms with Crippen LogP contribution in [0.4, 0.5) is 0 Å². The largest absolute Gasteiger partial charge is 0.475 e. The second-order valence-electron chi connectivity index (χ2n) is 4.53. The van der Waals surface area contributed by atoms with Gasteiger partial charge in [-0.2, -0.15) is 0 Å². The second kappa shape index (κ2) is 6.19. The number of hydrogen-bond donors (Lipinski definition) is 0. The highest BCUT2D eigenvalue weighted by atomic mass is 16.5. The molecule has 4 nitrogen and oxygen atoms in total. The fraction of sp³-hybridized carbons (Fsp3) is 0.250. The minimum absolute atomic E-state index is 0.0911. The smallest absolute Gasteiger partial charge is 0.342 e. The fourth-order valence-corrected chi connectivity index (χ4v) is 1.89. The zero-order valence-electron chi connectivity index (χ0n) is 11.6. The second-order valence-corrected chi connectivity index (χ2v) is 4.53. The topological polar surface area (TPSA) is 47.9 Å². The van der Waals surface area contributed by atoms with Crippen LogP contribution in [0.25, 0.3) is 6.08 Å². The lowest BCUT2D eigenvalue weighted by atomic mass is 10.1. The molecule has 0 aliphatic carbocycles. The van der Waals surface area contributed by atoms with Crippen molar-refractivity contribution in [2.75, 3.05) is 13.7 Å². The van der Waals surface area contributed by atoms with Crippen molar-refractivity contribution in [2.45, 2.75) is 13.0 Å². The highest BCUT2D eigenvalue weighted by Gasteiger charge is 2.25. The first kappa shape index (κ1) is 14.1. The Balaban J connectivity index is 2.12. The van der Waals surface area contributed by atoms with Gasteiger partial charge in [-0.05, 0) is 18.1 Å². The van der Waals surface area contributed by atoms with E-state index in [4.69, 9.17) is 4.74 Å². The number of rotatable bonds is 4. The number of hydrogen-bond acceptors (Lipinski definition) is 4. The van der Waals surface area contributed by atoms with E-state index in [1.165, 1.54) is 7.11 Å². The minimum atomic E-state index is -0.519. The monoisotopic (exact) mass is 271 g/mol. The van der Waals surface area contributed by atoms with Crippen LogP contribution in [0.2, 0.25) is 0 Å². The Kier molecular flexibility index (Phi) is 4.35. The van der Waals surface area contributed by atoms with Crippen LogP contribution in [0.5, 0.6) is 0 Å². The maximum atomic E-state index is 11.4. The molecule has 1 aliphatic heterocycles. The van der Waals surface area contributed by atoms with Crippen molar-refractivity contribution in [1.29, 1.82) is 0 Å². The van der Waals surface area contributed by atoms with E-state index >= 15 is 0 Å². The summed E-state index contributed by atoms with van der Waals surface area (Å²) < 4.78 is 10.0. The molecule has 0 bridgehead atoms. The molecule has 0 spiro atoms. The number of carbonyl (C=O) groups is 1. The van der Waals surface area contributed by atoms with Crippen LogP contribution in [0, 0.1) is 0 Å². The van der Waals surface area contributed by atoms with Gasteiger partial charge in [0.2, 0.25) is 5.90 Å². The van der Waals surface area contributed by atoms with Gasteiger partial charge in [-0.3, -0.25) is 0 Å². The zero-order valence-corrected chi connectivity index (χ0v) is 11.6. The molecule has 0 fully saturated rings. The van der Waals surface area contributed by atoms with Crippen molar-refractivity contribution in [3.8, 4) is 0 Å². The van der Waals surface area contributed by atoms with E-state index in [2.05, 4.69) is 22.4 Å². The van der Waals surface area contributed by atoms with E-state index in [0.29, 0.717) is 6.61 Å². The molecule has 104 valence electrons. The first-order valence-corrected chi connectivity index (χ1v) is 6.33. The van der Waals surface area contributed by atoms with Crippen LogP contribution in [0.15, 0.2) is 53.0 Å². The number of methoxy groups -OCH3 is 1. The van der Waals surface area contributed by atoms with Crippen LogP contribution in [0.3, 0.4) is 0 Å². The molecule has 0 aromatic heterocycles. The Morgan fingerprint density at radius 2 is 2.15 bits per heavy atom. The lowest BCUT2D eigenvalue weighted by molar-refractivity contribution is -0.135. The van der Waals surface area contributed by atoms with Crippen LogP contribution >= 0.6 is 0 Å². The summed E-state index contributed by atoms with van der Waals surface area (Å²) in [6.45, 7) is 6.05. The van der Waals surface area contributed by atoms with Crippen molar-refractivity contribution in [1.82, 2.24) is 0 Å². The number of esters is 1. The van der Waals surface area contributed by atoms with Gasteiger partial charge >= 0.3 is 5.97 Å². The van der Waals surface area contributed by atoms with E-state index < -0.39 is 5.97 Å². The van der Waals surface area contributed by atoms with Gasteiger partial charge in [-0.1, -0.05) is 43.0 Å². The normalized spacial score (nSPS) is 18.2. The standard InChI is InChI=1S/C16H17NO3/c1-11(9-13-7-5-4-6-8-13)14-10-20-15(17-14)12(2)16(18)19-3/h4-9,14H,2,10H2,1,3H3/b11-9+/t14-/m1/s1. The molecule has 4 heteroatoms. The SMILES string of the molecule is C=C(C(=O)OC)C1=N[C@@H](/C(C)=C/c2ccccc2)CO1. The Morgan fingerprint density at radius 1 is 1.45 bits per heavy atom. The van der Waals surface area contributed by atoms with Gasteiger partial charge in [0.05, 0.1) is 7.11 Å². The summed E-state index contributed by atoms with van der Waals surface area (Å²) in [7, 11) is 1.31. The number of aliphatic imine (C=N–C) groups is 1. The summed E-state index contributed by atoms with van der Waals surface area (Å²) in [6.07, 6.45) is 2.06. The van der Waals surface area contributed by atoms with E-state index in [1.807, 2.05) is 37.3 Å². The molecular formula is C16H17NO3. The number of carbonyl (C=O) groups excluding carboxylic acids is 1. The first-order chi connectivity index (χ1) is 9.61. The third-order valence-corrected chi connectivity index (χ3v) is 3.06. The van der Waals surface area contributed by atoms with Crippen molar-refractivity contribution < 1.29 is 14.3 Å². The average Bonchev–Trinajstić information content (AvgIpc) is 2.96. The quantitative estimate of drug-likeness (QED) is 0.624.